The summed E-state index contributed by atoms with van der Waals surface area (Å²) in [6.45, 7) is 4.15. The average molecular weight is 448 g/mol. The van der Waals surface area contributed by atoms with Gasteiger partial charge in [-0.05, 0) is 49.7 Å². The number of fused-ring (bicyclic) bond motifs is 2. The minimum atomic E-state index is -0.282. The standard InChI is InChI=1S/C22H17N5O2S2/c1-11-12(2)30-20-18(11)21(24-10-23-20)31-17-6-4-3-5-14(17)19(28)25-13-7-8-15-16(9-13)27-22(29)26-15/h3-10H,1-2H3,(H,25,28)(H2,26,27,29). The third-order valence-corrected chi connectivity index (χ3v) is 7.24. The number of hydrogen-bond acceptors (Lipinski definition) is 6. The van der Waals surface area contributed by atoms with E-state index < -0.39 is 0 Å². The zero-order valence-corrected chi connectivity index (χ0v) is 18.3. The Hall–Kier alpha value is -3.43. The molecule has 0 aliphatic rings. The second-order valence-electron chi connectivity index (χ2n) is 7.03. The third kappa shape index (κ3) is 3.62. The van der Waals surface area contributed by atoms with Gasteiger partial charge in [0.1, 0.15) is 16.2 Å². The van der Waals surface area contributed by atoms with E-state index in [0.717, 1.165) is 20.1 Å². The Morgan fingerprint density at radius 3 is 2.74 bits per heavy atom. The molecule has 0 bridgehead atoms. The van der Waals surface area contributed by atoms with Crippen molar-refractivity contribution in [3.63, 3.8) is 0 Å². The number of imidazole rings is 1. The quantitative estimate of drug-likeness (QED) is 0.341. The number of amides is 1. The van der Waals surface area contributed by atoms with E-state index in [1.54, 1.807) is 41.9 Å². The molecule has 0 saturated carbocycles. The van der Waals surface area contributed by atoms with Crippen molar-refractivity contribution in [3.05, 3.63) is 75.3 Å². The van der Waals surface area contributed by atoms with E-state index in [0.29, 0.717) is 22.3 Å². The fourth-order valence-corrected chi connectivity index (χ4v) is 5.52. The van der Waals surface area contributed by atoms with E-state index in [4.69, 9.17) is 0 Å². The van der Waals surface area contributed by atoms with Gasteiger partial charge in [-0.25, -0.2) is 14.8 Å². The Labute approximate surface area is 185 Å². The molecule has 9 heteroatoms. The summed E-state index contributed by atoms with van der Waals surface area (Å²) in [5.41, 5.74) is 3.35. The molecule has 0 fully saturated rings. The maximum Gasteiger partial charge on any atom is 0.323 e. The number of nitrogens with one attached hydrogen (secondary N) is 3. The van der Waals surface area contributed by atoms with Crippen LogP contribution < -0.4 is 11.0 Å². The van der Waals surface area contributed by atoms with Crippen LogP contribution in [0.4, 0.5) is 5.69 Å². The second kappa shape index (κ2) is 7.68. The summed E-state index contributed by atoms with van der Waals surface area (Å²) in [6, 6.07) is 12.7. The van der Waals surface area contributed by atoms with Crippen LogP contribution in [0.5, 0.6) is 0 Å². The van der Waals surface area contributed by atoms with Gasteiger partial charge in [0, 0.05) is 20.8 Å². The molecule has 0 saturated heterocycles. The molecular weight excluding hydrogens is 430 g/mol. The van der Waals surface area contributed by atoms with Crippen LogP contribution in [0.1, 0.15) is 20.8 Å². The third-order valence-electron chi connectivity index (χ3n) is 5.04. The van der Waals surface area contributed by atoms with Crippen molar-refractivity contribution >= 4 is 55.9 Å². The summed E-state index contributed by atoms with van der Waals surface area (Å²) in [5.74, 6) is -0.233. The highest BCUT2D eigenvalue weighted by molar-refractivity contribution is 7.99. The molecule has 1 amide bonds. The van der Waals surface area contributed by atoms with Gasteiger partial charge in [0.15, 0.2) is 0 Å². The Bertz CT molecular complexity index is 1520. The van der Waals surface area contributed by atoms with Gasteiger partial charge in [0.25, 0.3) is 5.91 Å². The fraction of sp³-hybridized carbons (Fsp3) is 0.0909. The molecule has 3 heterocycles. The van der Waals surface area contributed by atoms with Crippen LogP contribution in [0, 0.1) is 13.8 Å². The Balaban J connectivity index is 1.47. The lowest BCUT2D eigenvalue weighted by molar-refractivity contribution is 0.102. The molecule has 0 spiro atoms. The minimum Gasteiger partial charge on any atom is -0.322 e. The molecular formula is C22H17N5O2S2. The van der Waals surface area contributed by atoms with Crippen molar-refractivity contribution in [2.75, 3.05) is 5.32 Å². The number of H-pyrrole nitrogens is 2. The van der Waals surface area contributed by atoms with Gasteiger partial charge < -0.3 is 15.3 Å². The predicted molar refractivity (Wildman–Crippen MR) is 124 cm³/mol. The molecule has 3 aromatic heterocycles. The molecule has 5 rings (SSSR count). The van der Waals surface area contributed by atoms with Gasteiger partial charge in [-0.1, -0.05) is 23.9 Å². The van der Waals surface area contributed by atoms with E-state index >= 15 is 0 Å². The molecule has 5 aromatic rings. The lowest BCUT2D eigenvalue weighted by Gasteiger charge is -2.10. The van der Waals surface area contributed by atoms with Crippen LogP contribution in [-0.4, -0.2) is 25.8 Å². The number of hydrogen-bond donors (Lipinski definition) is 3. The number of aromatic amines is 2. The van der Waals surface area contributed by atoms with E-state index in [-0.39, 0.29) is 11.6 Å². The van der Waals surface area contributed by atoms with Crippen molar-refractivity contribution < 1.29 is 4.79 Å². The number of aryl methyl sites for hydroxylation is 2. The molecule has 0 aliphatic carbocycles. The molecule has 31 heavy (non-hydrogen) atoms. The van der Waals surface area contributed by atoms with Crippen molar-refractivity contribution in [2.24, 2.45) is 0 Å². The minimum absolute atomic E-state index is 0.233. The van der Waals surface area contributed by atoms with E-state index in [1.807, 2.05) is 18.2 Å². The highest BCUT2D eigenvalue weighted by Gasteiger charge is 2.17. The molecule has 7 nitrogen and oxygen atoms in total. The lowest BCUT2D eigenvalue weighted by Crippen LogP contribution is -2.13. The van der Waals surface area contributed by atoms with Gasteiger partial charge in [-0.15, -0.1) is 11.3 Å². The number of carbonyl (C=O) groups is 1. The largest absolute Gasteiger partial charge is 0.323 e. The maximum absolute atomic E-state index is 13.1. The summed E-state index contributed by atoms with van der Waals surface area (Å²) in [7, 11) is 0. The second-order valence-corrected chi connectivity index (χ2v) is 9.27. The van der Waals surface area contributed by atoms with Crippen LogP contribution in [0.3, 0.4) is 0 Å². The highest BCUT2D eigenvalue weighted by Crippen LogP contribution is 2.38. The molecule has 0 unspecified atom stereocenters. The van der Waals surface area contributed by atoms with Crippen molar-refractivity contribution in [1.82, 2.24) is 19.9 Å². The first kappa shape index (κ1) is 19.5. The first-order valence-electron chi connectivity index (χ1n) is 9.50. The van der Waals surface area contributed by atoms with Crippen molar-refractivity contribution in [1.29, 1.82) is 0 Å². The van der Waals surface area contributed by atoms with Crippen LogP contribution in [-0.2, 0) is 0 Å². The number of anilines is 1. The Kier molecular flexibility index (Phi) is 4.84. The van der Waals surface area contributed by atoms with Crippen LogP contribution in [0.15, 0.2) is 63.5 Å². The van der Waals surface area contributed by atoms with Gasteiger partial charge in [0.2, 0.25) is 0 Å². The van der Waals surface area contributed by atoms with Crippen LogP contribution in [0.2, 0.25) is 0 Å². The van der Waals surface area contributed by atoms with E-state index in [1.165, 1.54) is 22.2 Å². The first-order valence-corrected chi connectivity index (χ1v) is 11.1. The molecule has 0 atom stereocenters. The van der Waals surface area contributed by atoms with Crippen molar-refractivity contribution in [3.8, 4) is 0 Å². The average Bonchev–Trinajstić information content (AvgIpc) is 3.26. The molecule has 3 N–H and O–H groups in total. The maximum atomic E-state index is 13.1. The van der Waals surface area contributed by atoms with Gasteiger partial charge in [0.05, 0.1) is 16.6 Å². The monoisotopic (exact) mass is 447 g/mol. The summed E-state index contributed by atoms with van der Waals surface area (Å²) in [6.07, 6.45) is 1.57. The van der Waals surface area contributed by atoms with Gasteiger partial charge in [-0.2, -0.15) is 0 Å². The Morgan fingerprint density at radius 2 is 1.87 bits per heavy atom. The van der Waals surface area contributed by atoms with E-state index in [2.05, 4.69) is 39.1 Å². The topological polar surface area (TPSA) is 104 Å². The molecule has 2 aromatic carbocycles. The number of benzene rings is 2. The summed E-state index contributed by atoms with van der Waals surface area (Å²) in [4.78, 5) is 41.8. The number of thiophene rings is 1. The number of aromatic nitrogens is 4. The normalized spacial score (nSPS) is 11.3. The highest BCUT2D eigenvalue weighted by atomic mass is 32.2. The molecule has 0 aliphatic heterocycles. The lowest BCUT2D eigenvalue weighted by atomic mass is 10.2. The number of nitrogens with zero attached hydrogens (tertiary/aromatic N) is 2. The van der Waals surface area contributed by atoms with E-state index in [9.17, 15) is 9.59 Å². The number of rotatable bonds is 4. The molecule has 154 valence electrons. The zero-order valence-electron chi connectivity index (χ0n) is 16.6. The zero-order chi connectivity index (χ0) is 21.5. The summed E-state index contributed by atoms with van der Waals surface area (Å²) < 4.78 is 0. The SMILES string of the molecule is Cc1sc2ncnc(Sc3ccccc3C(=O)Nc3ccc4[nH]c(=O)[nH]c4c3)c2c1C. The predicted octanol–water partition coefficient (Wildman–Crippen LogP) is 4.88. The Morgan fingerprint density at radius 1 is 1.06 bits per heavy atom. The first-order chi connectivity index (χ1) is 15.0. The summed E-state index contributed by atoms with van der Waals surface area (Å²) >= 11 is 3.11. The van der Waals surface area contributed by atoms with Crippen LogP contribution >= 0.6 is 23.1 Å². The van der Waals surface area contributed by atoms with Gasteiger partial charge >= 0.3 is 5.69 Å². The number of carbonyl (C=O) groups excluding carboxylic acids is 1. The van der Waals surface area contributed by atoms with Gasteiger partial charge in [-0.3, -0.25) is 4.79 Å². The summed E-state index contributed by atoms with van der Waals surface area (Å²) in [5, 5.41) is 4.79. The van der Waals surface area contributed by atoms with Crippen LogP contribution in [0.25, 0.3) is 21.3 Å². The van der Waals surface area contributed by atoms with Crippen molar-refractivity contribution in [2.45, 2.75) is 23.8 Å². The molecule has 0 radical (unpaired) electrons. The fourth-order valence-electron chi connectivity index (χ4n) is 3.38. The smallest absolute Gasteiger partial charge is 0.322 e.